The van der Waals surface area contributed by atoms with E-state index >= 15 is 0 Å². The molecule has 104 valence electrons. The van der Waals surface area contributed by atoms with Crippen molar-refractivity contribution in [3.05, 3.63) is 50.8 Å². The molecule has 2 aromatic rings. The van der Waals surface area contributed by atoms with Crippen molar-refractivity contribution in [1.29, 1.82) is 0 Å². The molecule has 0 amide bonds. The largest absolute Gasteiger partial charge is 0.344 e. The first-order valence-corrected chi connectivity index (χ1v) is 6.32. The van der Waals surface area contributed by atoms with Crippen molar-refractivity contribution in [1.82, 2.24) is 4.57 Å². The third-order valence-electron chi connectivity index (χ3n) is 3.69. The van der Waals surface area contributed by atoms with E-state index in [1.165, 1.54) is 19.1 Å². The van der Waals surface area contributed by atoms with Gasteiger partial charge in [-0.2, -0.15) is 0 Å². The summed E-state index contributed by atoms with van der Waals surface area (Å²) >= 11 is 0. The van der Waals surface area contributed by atoms with Gasteiger partial charge in [-0.3, -0.25) is 10.1 Å². The summed E-state index contributed by atoms with van der Waals surface area (Å²) in [6.07, 6.45) is 3.11. The Morgan fingerprint density at radius 3 is 2.80 bits per heavy atom. The monoisotopic (exact) mass is 278 g/mol. The maximum atomic E-state index is 13.4. The molecule has 0 N–H and O–H groups in total. The summed E-state index contributed by atoms with van der Waals surface area (Å²) in [5.41, 5.74) is 2.12. The van der Waals surface area contributed by atoms with Crippen LogP contribution < -0.4 is 0 Å². The minimum atomic E-state index is -0.935. The fourth-order valence-electron chi connectivity index (χ4n) is 2.77. The molecule has 1 aromatic carbocycles. The fraction of sp³-hybridized carbons (Fsp3) is 0.286. The first kappa shape index (κ1) is 12.8. The van der Waals surface area contributed by atoms with Crippen LogP contribution in [-0.4, -0.2) is 9.49 Å². The molecule has 0 spiro atoms. The van der Waals surface area contributed by atoms with Crippen LogP contribution in [0.4, 0.5) is 8.78 Å². The summed E-state index contributed by atoms with van der Waals surface area (Å²) in [6, 6.07) is 2.29. The molecular weight excluding hydrogens is 266 g/mol. The zero-order valence-corrected chi connectivity index (χ0v) is 10.8. The Labute approximate surface area is 113 Å². The SMILES string of the molecule is C/C(=C\c1c2n(c3cc(F)c(F)cc13)CCC2)[N+](=O)[O-]. The number of benzene rings is 1. The van der Waals surface area contributed by atoms with E-state index in [2.05, 4.69) is 0 Å². The van der Waals surface area contributed by atoms with Crippen LogP contribution in [0.1, 0.15) is 24.6 Å². The predicted molar refractivity (Wildman–Crippen MR) is 70.8 cm³/mol. The lowest BCUT2D eigenvalue weighted by atomic mass is 10.1. The zero-order valence-electron chi connectivity index (χ0n) is 10.8. The minimum Gasteiger partial charge on any atom is -0.344 e. The average Bonchev–Trinajstić information content (AvgIpc) is 2.95. The second kappa shape index (κ2) is 4.40. The van der Waals surface area contributed by atoms with Crippen LogP contribution in [0.3, 0.4) is 0 Å². The number of halogens is 2. The van der Waals surface area contributed by atoms with Gasteiger partial charge in [0.15, 0.2) is 11.6 Å². The van der Waals surface area contributed by atoms with Crippen LogP contribution in [0.5, 0.6) is 0 Å². The van der Waals surface area contributed by atoms with E-state index in [9.17, 15) is 18.9 Å². The summed E-state index contributed by atoms with van der Waals surface area (Å²) in [5, 5.41) is 11.3. The summed E-state index contributed by atoms with van der Waals surface area (Å²) in [6.45, 7) is 2.12. The van der Waals surface area contributed by atoms with Gasteiger partial charge in [0.2, 0.25) is 5.70 Å². The van der Waals surface area contributed by atoms with E-state index in [0.717, 1.165) is 31.1 Å². The van der Waals surface area contributed by atoms with Crippen molar-refractivity contribution in [2.24, 2.45) is 0 Å². The molecule has 20 heavy (non-hydrogen) atoms. The molecule has 1 aliphatic rings. The lowest BCUT2D eigenvalue weighted by molar-refractivity contribution is -0.422. The maximum Gasteiger partial charge on any atom is 0.243 e. The lowest BCUT2D eigenvalue weighted by Crippen LogP contribution is -1.94. The molecule has 2 heterocycles. The minimum absolute atomic E-state index is 0.0167. The Kier molecular flexibility index (Phi) is 2.81. The quantitative estimate of drug-likeness (QED) is 0.623. The molecule has 0 radical (unpaired) electrons. The van der Waals surface area contributed by atoms with Gasteiger partial charge in [-0.05, 0) is 18.9 Å². The van der Waals surface area contributed by atoms with Crippen LogP contribution in [0.2, 0.25) is 0 Å². The number of hydrogen-bond donors (Lipinski definition) is 0. The Morgan fingerprint density at radius 1 is 1.40 bits per heavy atom. The molecule has 6 heteroatoms. The van der Waals surface area contributed by atoms with E-state index in [-0.39, 0.29) is 5.70 Å². The van der Waals surface area contributed by atoms with Crippen molar-refractivity contribution in [2.75, 3.05) is 0 Å². The van der Waals surface area contributed by atoms with Crippen LogP contribution in [0.25, 0.3) is 17.0 Å². The summed E-state index contributed by atoms with van der Waals surface area (Å²) in [4.78, 5) is 10.3. The van der Waals surface area contributed by atoms with E-state index < -0.39 is 16.6 Å². The first-order valence-electron chi connectivity index (χ1n) is 6.32. The highest BCUT2D eigenvalue weighted by atomic mass is 19.2. The lowest BCUT2D eigenvalue weighted by Gasteiger charge is -2.00. The molecule has 0 saturated carbocycles. The van der Waals surface area contributed by atoms with Crippen LogP contribution in [-0.2, 0) is 13.0 Å². The van der Waals surface area contributed by atoms with Gasteiger partial charge < -0.3 is 4.57 Å². The zero-order chi connectivity index (χ0) is 14.4. The second-order valence-corrected chi connectivity index (χ2v) is 4.94. The number of allylic oxidation sites excluding steroid dienone is 1. The molecule has 0 atom stereocenters. The molecular formula is C14H12F2N2O2. The molecule has 0 saturated heterocycles. The topological polar surface area (TPSA) is 48.1 Å². The number of nitrogens with zero attached hydrogens (tertiary/aromatic N) is 2. The van der Waals surface area contributed by atoms with E-state index in [0.29, 0.717) is 16.5 Å². The number of aromatic nitrogens is 1. The van der Waals surface area contributed by atoms with E-state index in [1.807, 2.05) is 4.57 Å². The van der Waals surface area contributed by atoms with Gasteiger partial charge in [0, 0.05) is 42.3 Å². The van der Waals surface area contributed by atoms with Crippen molar-refractivity contribution in [3.63, 3.8) is 0 Å². The van der Waals surface area contributed by atoms with Gasteiger partial charge in [-0.25, -0.2) is 8.78 Å². The number of rotatable bonds is 2. The van der Waals surface area contributed by atoms with Gasteiger partial charge in [-0.15, -0.1) is 0 Å². The Bertz CT molecular complexity index is 762. The number of aryl methyl sites for hydroxylation is 1. The van der Waals surface area contributed by atoms with Gasteiger partial charge in [0.1, 0.15) is 0 Å². The van der Waals surface area contributed by atoms with Gasteiger partial charge in [0.25, 0.3) is 0 Å². The number of nitro groups is 1. The maximum absolute atomic E-state index is 13.4. The first-order chi connectivity index (χ1) is 9.49. The normalized spacial score (nSPS) is 14.8. The van der Waals surface area contributed by atoms with Crippen molar-refractivity contribution >= 4 is 17.0 Å². The summed E-state index contributed by atoms with van der Waals surface area (Å²) in [5.74, 6) is -1.83. The standard InChI is InChI=1S/C14H12F2N2O2/c1-8(18(19)20)5-9-10-6-11(15)12(16)7-14(10)17-4-2-3-13(9)17/h5-7H,2-4H2,1H3/b8-5+. The molecule has 0 bridgehead atoms. The highest BCUT2D eigenvalue weighted by Crippen LogP contribution is 2.34. The molecule has 0 aliphatic carbocycles. The van der Waals surface area contributed by atoms with E-state index in [4.69, 9.17) is 0 Å². The highest BCUT2D eigenvalue weighted by Gasteiger charge is 2.22. The van der Waals surface area contributed by atoms with Gasteiger partial charge >= 0.3 is 0 Å². The average molecular weight is 278 g/mol. The Morgan fingerprint density at radius 2 is 2.10 bits per heavy atom. The second-order valence-electron chi connectivity index (χ2n) is 4.94. The van der Waals surface area contributed by atoms with Gasteiger partial charge in [-0.1, -0.05) is 0 Å². The van der Waals surface area contributed by atoms with Crippen LogP contribution >= 0.6 is 0 Å². The third kappa shape index (κ3) is 1.79. The molecule has 0 fully saturated rings. The third-order valence-corrected chi connectivity index (χ3v) is 3.69. The van der Waals surface area contributed by atoms with Crippen molar-refractivity contribution < 1.29 is 13.7 Å². The smallest absolute Gasteiger partial charge is 0.243 e. The summed E-state index contributed by atoms with van der Waals surface area (Å²) < 4.78 is 28.8. The van der Waals surface area contributed by atoms with Crippen molar-refractivity contribution in [2.45, 2.75) is 26.3 Å². The molecule has 0 unspecified atom stereocenters. The predicted octanol–water partition coefficient (Wildman–Crippen LogP) is 3.50. The van der Waals surface area contributed by atoms with Crippen LogP contribution in [0.15, 0.2) is 17.8 Å². The molecule has 4 nitrogen and oxygen atoms in total. The highest BCUT2D eigenvalue weighted by molar-refractivity contribution is 5.92. The number of fused-ring (bicyclic) bond motifs is 3. The Hall–Kier alpha value is -2.24. The molecule has 1 aliphatic heterocycles. The Balaban J connectivity index is 2.33. The number of hydrogen-bond acceptors (Lipinski definition) is 2. The molecule has 3 rings (SSSR count). The summed E-state index contributed by atoms with van der Waals surface area (Å²) in [7, 11) is 0. The van der Waals surface area contributed by atoms with Gasteiger partial charge in [0.05, 0.1) is 10.4 Å². The van der Waals surface area contributed by atoms with Crippen molar-refractivity contribution in [3.8, 4) is 0 Å². The van der Waals surface area contributed by atoms with Crippen LogP contribution in [0, 0.1) is 21.7 Å². The van der Waals surface area contributed by atoms with E-state index in [1.54, 1.807) is 0 Å². The fourth-order valence-corrected chi connectivity index (χ4v) is 2.77. The molecule has 1 aromatic heterocycles.